The highest BCUT2D eigenvalue weighted by Crippen LogP contribution is 2.21. The van der Waals surface area contributed by atoms with Crippen molar-refractivity contribution in [3.05, 3.63) is 11.3 Å². The first kappa shape index (κ1) is 12.7. The van der Waals surface area contributed by atoms with Gasteiger partial charge in [0.05, 0.1) is 6.61 Å². The van der Waals surface area contributed by atoms with Crippen LogP contribution in [-0.2, 0) is 14.3 Å². The molecule has 0 amide bonds. The SMILES string of the molecule is CCOC(=O)/C(O)=C1/CCCCCCC1=O. The van der Waals surface area contributed by atoms with Gasteiger partial charge in [0, 0.05) is 12.0 Å². The molecule has 4 heteroatoms. The van der Waals surface area contributed by atoms with Gasteiger partial charge in [0.2, 0.25) is 5.76 Å². The van der Waals surface area contributed by atoms with Gasteiger partial charge in [-0.1, -0.05) is 12.8 Å². The number of ether oxygens (including phenoxy) is 1. The van der Waals surface area contributed by atoms with Crippen LogP contribution in [0.25, 0.3) is 0 Å². The normalized spacial score (nSPS) is 20.9. The molecule has 16 heavy (non-hydrogen) atoms. The molecule has 1 aliphatic carbocycles. The summed E-state index contributed by atoms with van der Waals surface area (Å²) in [6, 6.07) is 0. The second-order valence-electron chi connectivity index (χ2n) is 3.89. The highest BCUT2D eigenvalue weighted by Gasteiger charge is 2.21. The third-order valence-corrected chi connectivity index (χ3v) is 2.67. The summed E-state index contributed by atoms with van der Waals surface area (Å²) in [4.78, 5) is 23.0. The fourth-order valence-corrected chi connectivity index (χ4v) is 1.80. The van der Waals surface area contributed by atoms with Gasteiger partial charge in [-0.15, -0.1) is 0 Å². The van der Waals surface area contributed by atoms with E-state index in [2.05, 4.69) is 4.74 Å². The van der Waals surface area contributed by atoms with E-state index >= 15 is 0 Å². The van der Waals surface area contributed by atoms with Crippen molar-refractivity contribution in [1.82, 2.24) is 0 Å². The van der Waals surface area contributed by atoms with Crippen LogP contribution in [0.2, 0.25) is 0 Å². The molecule has 1 N–H and O–H groups in total. The number of rotatable bonds is 2. The summed E-state index contributed by atoms with van der Waals surface area (Å²) in [6.45, 7) is 1.86. The molecular formula is C12H18O4. The van der Waals surface area contributed by atoms with Crippen molar-refractivity contribution < 1.29 is 19.4 Å². The topological polar surface area (TPSA) is 63.6 Å². The third-order valence-electron chi connectivity index (χ3n) is 2.67. The lowest BCUT2D eigenvalue weighted by Gasteiger charge is -2.12. The lowest BCUT2D eigenvalue weighted by atomic mass is 9.94. The average Bonchev–Trinajstić information content (AvgIpc) is 2.24. The fourth-order valence-electron chi connectivity index (χ4n) is 1.80. The molecule has 0 spiro atoms. The monoisotopic (exact) mass is 226 g/mol. The van der Waals surface area contributed by atoms with Crippen molar-refractivity contribution in [2.24, 2.45) is 0 Å². The average molecular weight is 226 g/mol. The summed E-state index contributed by atoms with van der Waals surface area (Å²) >= 11 is 0. The first-order valence-corrected chi connectivity index (χ1v) is 5.79. The quantitative estimate of drug-likeness (QED) is 0.445. The van der Waals surface area contributed by atoms with Crippen LogP contribution in [0.4, 0.5) is 0 Å². The maximum absolute atomic E-state index is 11.7. The predicted octanol–water partition coefficient (Wildman–Crippen LogP) is 2.28. The molecule has 0 saturated heterocycles. The zero-order chi connectivity index (χ0) is 12.0. The highest BCUT2D eigenvalue weighted by molar-refractivity contribution is 6.02. The largest absolute Gasteiger partial charge is 0.502 e. The molecule has 90 valence electrons. The molecule has 0 heterocycles. The molecular weight excluding hydrogens is 208 g/mol. The predicted molar refractivity (Wildman–Crippen MR) is 59.0 cm³/mol. The standard InChI is InChI=1S/C12H18O4/c1-2-16-12(15)11(14)9-7-5-3-4-6-8-10(9)13/h14H,2-8H2,1H3/b11-9+. The molecule has 0 radical (unpaired) electrons. The maximum Gasteiger partial charge on any atom is 0.373 e. The van der Waals surface area contributed by atoms with E-state index in [9.17, 15) is 14.7 Å². The Morgan fingerprint density at radius 1 is 1.25 bits per heavy atom. The Kier molecular flexibility index (Phi) is 5.02. The number of ketones is 1. The van der Waals surface area contributed by atoms with E-state index in [-0.39, 0.29) is 18.0 Å². The summed E-state index contributed by atoms with van der Waals surface area (Å²) in [6.07, 6.45) is 4.64. The second-order valence-corrected chi connectivity index (χ2v) is 3.89. The van der Waals surface area contributed by atoms with Gasteiger partial charge in [-0.3, -0.25) is 4.79 Å². The van der Waals surface area contributed by atoms with Crippen LogP contribution in [0.3, 0.4) is 0 Å². The van der Waals surface area contributed by atoms with Crippen molar-refractivity contribution in [3.63, 3.8) is 0 Å². The molecule has 0 unspecified atom stereocenters. The van der Waals surface area contributed by atoms with Gasteiger partial charge < -0.3 is 9.84 Å². The number of aliphatic hydroxyl groups is 1. The molecule has 0 aromatic rings. The summed E-state index contributed by atoms with van der Waals surface area (Å²) in [7, 11) is 0. The van der Waals surface area contributed by atoms with E-state index in [1.54, 1.807) is 6.92 Å². The van der Waals surface area contributed by atoms with E-state index in [0.717, 1.165) is 25.7 Å². The summed E-state index contributed by atoms with van der Waals surface area (Å²) in [5.74, 6) is -1.40. The van der Waals surface area contributed by atoms with Crippen molar-refractivity contribution in [3.8, 4) is 0 Å². The van der Waals surface area contributed by atoms with Crippen LogP contribution >= 0.6 is 0 Å². The van der Waals surface area contributed by atoms with Gasteiger partial charge in [-0.25, -0.2) is 4.79 Å². The number of allylic oxidation sites excluding steroid dienone is 1. The zero-order valence-corrected chi connectivity index (χ0v) is 9.62. The Balaban J connectivity index is 2.82. The third kappa shape index (κ3) is 3.36. The second kappa shape index (κ2) is 6.30. The van der Waals surface area contributed by atoms with Gasteiger partial charge in [-0.2, -0.15) is 0 Å². The van der Waals surface area contributed by atoms with Crippen LogP contribution in [0.15, 0.2) is 11.3 Å². The van der Waals surface area contributed by atoms with E-state index in [1.807, 2.05) is 0 Å². The van der Waals surface area contributed by atoms with Crippen molar-refractivity contribution in [2.45, 2.75) is 45.4 Å². The van der Waals surface area contributed by atoms with Crippen molar-refractivity contribution in [2.75, 3.05) is 6.61 Å². The first-order valence-electron chi connectivity index (χ1n) is 5.79. The van der Waals surface area contributed by atoms with Gasteiger partial charge in [0.25, 0.3) is 0 Å². The number of carbonyl (C=O) groups excluding carboxylic acids is 2. The molecule has 1 aliphatic rings. The van der Waals surface area contributed by atoms with Crippen LogP contribution in [-0.4, -0.2) is 23.5 Å². The van der Waals surface area contributed by atoms with E-state index < -0.39 is 11.7 Å². The lowest BCUT2D eigenvalue weighted by molar-refractivity contribution is -0.142. The summed E-state index contributed by atoms with van der Waals surface area (Å²) < 4.78 is 4.68. The fraction of sp³-hybridized carbons (Fsp3) is 0.667. The number of carbonyl (C=O) groups is 2. The number of esters is 1. The molecule has 0 aliphatic heterocycles. The molecule has 0 aromatic heterocycles. The Bertz CT molecular complexity index is 304. The van der Waals surface area contributed by atoms with Gasteiger partial charge in [0.1, 0.15) is 0 Å². The molecule has 1 fully saturated rings. The maximum atomic E-state index is 11.7. The minimum absolute atomic E-state index is 0.120. The number of Topliss-reactive ketones (excluding diaryl/α,β-unsaturated/α-hetero) is 1. The van der Waals surface area contributed by atoms with Gasteiger partial charge in [-0.05, 0) is 26.2 Å². The minimum atomic E-state index is -0.786. The van der Waals surface area contributed by atoms with Crippen molar-refractivity contribution in [1.29, 1.82) is 0 Å². The Morgan fingerprint density at radius 3 is 2.50 bits per heavy atom. The Morgan fingerprint density at radius 2 is 1.88 bits per heavy atom. The molecule has 1 rings (SSSR count). The summed E-state index contributed by atoms with van der Waals surface area (Å²) in [5.41, 5.74) is 0.248. The van der Waals surface area contributed by atoms with Crippen LogP contribution in [0.1, 0.15) is 45.4 Å². The van der Waals surface area contributed by atoms with E-state index in [1.165, 1.54) is 0 Å². The van der Waals surface area contributed by atoms with E-state index in [4.69, 9.17) is 0 Å². The molecule has 1 saturated carbocycles. The first-order chi connectivity index (χ1) is 7.66. The number of aliphatic hydroxyl groups excluding tert-OH is 1. The number of hydrogen-bond acceptors (Lipinski definition) is 4. The summed E-state index contributed by atoms with van der Waals surface area (Å²) in [5, 5.41) is 9.65. The zero-order valence-electron chi connectivity index (χ0n) is 9.62. The van der Waals surface area contributed by atoms with E-state index in [0.29, 0.717) is 12.8 Å². The molecule has 0 atom stereocenters. The molecule has 4 nitrogen and oxygen atoms in total. The molecule has 0 aromatic carbocycles. The molecule has 0 bridgehead atoms. The van der Waals surface area contributed by atoms with Gasteiger partial charge in [0.15, 0.2) is 5.78 Å². The van der Waals surface area contributed by atoms with Gasteiger partial charge >= 0.3 is 5.97 Å². The Hall–Kier alpha value is -1.32. The number of hydrogen-bond donors (Lipinski definition) is 1. The Labute approximate surface area is 95.3 Å². The smallest absolute Gasteiger partial charge is 0.373 e. The van der Waals surface area contributed by atoms with Crippen molar-refractivity contribution >= 4 is 11.8 Å². The highest BCUT2D eigenvalue weighted by atomic mass is 16.5. The van der Waals surface area contributed by atoms with Crippen LogP contribution < -0.4 is 0 Å². The lowest BCUT2D eigenvalue weighted by Crippen LogP contribution is -2.15. The van der Waals surface area contributed by atoms with Crippen LogP contribution in [0.5, 0.6) is 0 Å². The minimum Gasteiger partial charge on any atom is -0.502 e. The van der Waals surface area contributed by atoms with Crippen LogP contribution in [0, 0.1) is 0 Å².